The van der Waals surface area contributed by atoms with Crippen LogP contribution in [0.15, 0.2) is 65.1 Å². The predicted octanol–water partition coefficient (Wildman–Crippen LogP) is 5.54. The van der Waals surface area contributed by atoms with E-state index in [0.29, 0.717) is 33.2 Å². The van der Waals surface area contributed by atoms with Crippen LogP contribution in [-0.4, -0.2) is 0 Å². The fraction of sp³-hybridized carbons (Fsp3) is 0. The number of furan rings is 1. The van der Waals surface area contributed by atoms with E-state index >= 15 is 0 Å². The van der Waals surface area contributed by atoms with Crippen LogP contribution in [0.25, 0.3) is 23.0 Å². The second kappa shape index (κ2) is 6.87. The van der Waals surface area contributed by atoms with E-state index in [4.69, 9.17) is 16.0 Å². The molecule has 0 aliphatic rings. The van der Waals surface area contributed by atoms with E-state index < -0.39 is 0 Å². The molecular formula is C20H11ClN2O. The van der Waals surface area contributed by atoms with Crippen molar-refractivity contribution in [3.05, 3.63) is 82.6 Å². The quantitative estimate of drug-likeness (QED) is 0.593. The fourth-order valence-electron chi connectivity index (χ4n) is 2.36. The van der Waals surface area contributed by atoms with Gasteiger partial charge in [0.05, 0.1) is 23.3 Å². The van der Waals surface area contributed by atoms with Crippen molar-refractivity contribution in [2.75, 3.05) is 0 Å². The van der Waals surface area contributed by atoms with E-state index in [1.54, 1.807) is 42.5 Å². The lowest BCUT2D eigenvalue weighted by Gasteiger charge is -2.01. The van der Waals surface area contributed by atoms with Crippen molar-refractivity contribution in [1.82, 2.24) is 0 Å². The molecule has 0 spiro atoms. The summed E-state index contributed by atoms with van der Waals surface area (Å²) in [7, 11) is 0. The van der Waals surface area contributed by atoms with Crippen molar-refractivity contribution in [3.63, 3.8) is 0 Å². The minimum absolute atomic E-state index is 0.412. The minimum Gasteiger partial charge on any atom is -0.457 e. The number of nitriles is 2. The first-order valence-corrected chi connectivity index (χ1v) is 7.57. The Hall–Kier alpha value is -3.27. The summed E-state index contributed by atoms with van der Waals surface area (Å²) in [5, 5.41) is 19.1. The Morgan fingerprint density at radius 3 is 2.46 bits per heavy atom. The van der Waals surface area contributed by atoms with Crippen LogP contribution >= 0.6 is 11.6 Å². The Morgan fingerprint density at radius 2 is 1.71 bits per heavy atom. The molecule has 2 aromatic carbocycles. The Bertz CT molecular complexity index is 1000. The zero-order chi connectivity index (χ0) is 16.9. The molecule has 0 saturated carbocycles. The van der Waals surface area contributed by atoms with Gasteiger partial charge in [0.1, 0.15) is 11.5 Å². The van der Waals surface area contributed by atoms with Crippen molar-refractivity contribution in [1.29, 1.82) is 10.5 Å². The zero-order valence-corrected chi connectivity index (χ0v) is 13.3. The maximum atomic E-state index is 9.41. The molecule has 3 rings (SSSR count). The topological polar surface area (TPSA) is 60.7 Å². The highest BCUT2D eigenvalue weighted by Crippen LogP contribution is 2.29. The summed E-state index contributed by atoms with van der Waals surface area (Å²) in [5.74, 6) is 1.10. The molecule has 0 radical (unpaired) electrons. The van der Waals surface area contributed by atoms with E-state index in [-0.39, 0.29) is 0 Å². The molecule has 0 fully saturated rings. The Kier molecular flexibility index (Phi) is 4.47. The van der Waals surface area contributed by atoms with Gasteiger partial charge in [-0.3, -0.25) is 0 Å². The van der Waals surface area contributed by atoms with Crippen molar-refractivity contribution in [3.8, 4) is 23.5 Å². The van der Waals surface area contributed by atoms with Crippen molar-refractivity contribution < 1.29 is 4.42 Å². The highest BCUT2D eigenvalue weighted by molar-refractivity contribution is 6.32. The average molecular weight is 331 g/mol. The molecule has 0 bridgehead atoms. The molecule has 0 aliphatic heterocycles. The number of benzene rings is 2. The van der Waals surface area contributed by atoms with E-state index in [1.807, 2.05) is 24.3 Å². The summed E-state index contributed by atoms with van der Waals surface area (Å²) in [6.07, 6.45) is 1.64. The maximum Gasteiger partial charge on any atom is 0.136 e. The molecule has 114 valence electrons. The van der Waals surface area contributed by atoms with Gasteiger partial charge in [-0.05, 0) is 36.4 Å². The number of allylic oxidation sites excluding steroid dienone is 1. The van der Waals surface area contributed by atoms with Crippen molar-refractivity contribution >= 4 is 23.3 Å². The molecule has 1 aromatic heterocycles. The van der Waals surface area contributed by atoms with E-state index in [1.165, 1.54) is 0 Å². The van der Waals surface area contributed by atoms with Gasteiger partial charge in [-0.1, -0.05) is 41.9 Å². The van der Waals surface area contributed by atoms with Crippen molar-refractivity contribution in [2.24, 2.45) is 0 Å². The first-order chi connectivity index (χ1) is 11.7. The average Bonchev–Trinajstić information content (AvgIpc) is 3.09. The minimum atomic E-state index is 0.412. The third kappa shape index (κ3) is 3.08. The zero-order valence-electron chi connectivity index (χ0n) is 12.5. The molecule has 3 nitrogen and oxygen atoms in total. The Balaban J connectivity index is 2.01. The summed E-state index contributed by atoms with van der Waals surface area (Å²) in [6, 6.07) is 22.2. The van der Waals surface area contributed by atoms with Crippen LogP contribution in [0.4, 0.5) is 0 Å². The highest BCUT2D eigenvalue weighted by Gasteiger charge is 2.10. The summed E-state index contributed by atoms with van der Waals surface area (Å²) < 4.78 is 5.78. The highest BCUT2D eigenvalue weighted by atomic mass is 35.5. The molecule has 0 atom stereocenters. The molecule has 0 N–H and O–H groups in total. The number of halogens is 1. The molecule has 0 amide bonds. The Morgan fingerprint density at radius 1 is 0.958 bits per heavy atom. The van der Waals surface area contributed by atoms with Gasteiger partial charge < -0.3 is 4.42 Å². The van der Waals surface area contributed by atoms with Crippen molar-refractivity contribution in [2.45, 2.75) is 0 Å². The molecule has 0 aliphatic carbocycles. The maximum absolute atomic E-state index is 9.41. The van der Waals surface area contributed by atoms with Crippen LogP contribution < -0.4 is 0 Å². The van der Waals surface area contributed by atoms with Crippen LogP contribution in [-0.2, 0) is 0 Å². The third-order valence-corrected chi connectivity index (χ3v) is 3.84. The molecule has 0 saturated heterocycles. The normalized spacial score (nSPS) is 10.9. The standard InChI is InChI=1S/C20H11ClN2O/c21-19-8-4-3-6-17(19)15(13-23)11-16-9-10-20(24-16)18-7-2-1-5-14(18)12-22/h1-11H. The van der Waals surface area contributed by atoms with Gasteiger partial charge >= 0.3 is 0 Å². The lowest BCUT2D eigenvalue weighted by molar-refractivity contribution is 0.572. The lowest BCUT2D eigenvalue weighted by atomic mass is 10.1. The van der Waals surface area contributed by atoms with E-state index in [2.05, 4.69) is 12.1 Å². The number of rotatable bonds is 3. The third-order valence-electron chi connectivity index (χ3n) is 3.51. The summed E-state index contributed by atoms with van der Waals surface area (Å²) in [4.78, 5) is 0. The monoisotopic (exact) mass is 330 g/mol. The van der Waals surface area contributed by atoms with Crippen LogP contribution in [0.1, 0.15) is 16.9 Å². The van der Waals surface area contributed by atoms with Crippen LogP contribution in [0.5, 0.6) is 0 Å². The first kappa shape index (κ1) is 15.6. The van der Waals surface area contributed by atoms with Gasteiger partial charge in [0.2, 0.25) is 0 Å². The molecule has 3 aromatic rings. The second-order valence-electron chi connectivity index (χ2n) is 5.01. The van der Waals surface area contributed by atoms with Gasteiger partial charge in [-0.25, -0.2) is 0 Å². The second-order valence-corrected chi connectivity index (χ2v) is 5.42. The fourth-order valence-corrected chi connectivity index (χ4v) is 2.60. The predicted molar refractivity (Wildman–Crippen MR) is 93.8 cm³/mol. The van der Waals surface area contributed by atoms with Gasteiger partial charge in [-0.15, -0.1) is 0 Å². The number of nitrogens with zero attached hydrogens (tertiary/aromatic N) is 2. The lowest BCUT2D eigenvalue weighted by Crippen LogP contribution is -1.83. The van der Waals surface area contributed by atoms with Gasteiger partial charge in [0.15, 0.2) is 0 Å². The first-order valence-electron chi connectivity index (χ1n) is 7.19. The summed E-state index contributed by atoms with van der Waals surface area (Å²) >= 11 is 6.15. The van der Waals surface area contributed by atoms with Crippen LogP contribution in [0.3, 0.4) is 0 Å². The molecular weight excluding hydrogens is 320 g/mol. The van der Waals surface area contributed by atoms with Gasteiger partial charge in [-0.2, -0.15) is 10.5 Å². The van der Waals surface area contributed by atoms with E-state index in [0.717, 1.165) is 5.56 Å². The molecule has 24 heavy (non-hydrogen) atoms. The van der Waals surface area contributed by atoms with Crippen LogP contribution in [0, 0.1) is 22.7 Å². The number of hydrogen-bond acceptors (Lipinski definition) is 3. The van der Waals surface area contributed by atoms with Crippen LogP contribution in [0.2, 0.25) is 5.02 Å². The Labute approximate surface area is 144 Å². The largest absolute Gasteiger partial charge is 0.457 e. The smallest absolute Gasteiger partial charge is 0.136 e. The van der Waals surface area contributed by atoms with E-state index in [9.17, 15) is 10.5 Å². The molecule has 1 heterocycles. The van der Waals surface area contributed by atoms with Gasteiger partial charge in [0, 0.05) is 16.1 Å². The number of hydrogen-bond donors (Lipinski definition) is 0. The molecule has 4 heteroatoms. The molecule has 0 unspecified atom stereocenters. The summed E-state index contributed by atoms with van der Waals surface area (Å²) in [5.41, 5.74) is 2.32. The SMILES string of the molecule is N#CC(=Cc1ccc(-c2ccccc2C#N)o1)c1ccccc1Cl. The summed E-state index contributed by atoms with van der Waals surface area (Å²) in [6.45, 7) is 0. The van der Waals surface area contributed by atoms with Gasteiger partial charge in [0.25, 0.3) is 0 Å².